The monoisotopic (exact) mass is 491 g/mol. The average Bonchev–Trinajstić information content (AvgIpc) is 3.49. The van der Waals surface area contributed by atoms with Crippen LogP contribution in [0.15, 0.2) is 66.1 Å². The number of likely N-dealkylation sites (tertiary alicyclic amines) is 1. The zero-order valence-corrected chi connectivity index (χ0v) is 20.4. The van der Waals surface area contributed by atoms with Gasteiger partial charge in [-0.05, 0) is 49.2 Å². The van der Waals surface area contributed by atoms with E-state index in [0.29, 0.717) is 17.8 Å². The fourth-order valence-electron chi connectivity index (χ4n) is 4.12. The minimum absolute atomic E-state index is 0.0222. The molecule has 9 heteroatoms. The third-order valence-corrected chi connectivity index (χ3v) is 8.15. The zero-order chi connectivity index (χ0) is 23.5. The number of para-hydroxylation sites is 1. The molecular weight excluding hydrogens is 466 g/mol. The number of piperidine rings is 1. The lowest BCUT2D eigenvalue weighted by atomic mass is 9.98. The Morgan fingerprint density at radius 3 is 2.76 bits per heavy atom. The van der Waals surface area contributed by atoms with E-state index in [-0.39, 0.29) is 23.5 Å². The van der Waals surface area contributed by atoms with Crippen LogP contribution in [0.25, 0.3) is 10.2 Å². The molecule has 0 radical (unpaired) electrons. The van der Waals surface area contributed by atoms with Gasteiger partial charge in [0.25, 0.3) is 5.91 Å². The van der Waals surface area contributed by atoms with Crippen LogP contribution in [0.5, 0.6) is 0 Å². The topological polar surface area (TPSA) is 80.1 Å². The summed E-state index contributed by atoms with van der Waals surface area (Å²) < 4.78 is 3.07. The molecule has 0 aliphatic carbocycles. The number of anilines is 1. The van der Waals surface area contributed by atoms with Gasteiger partial charge < -0.3 is 14.8 Å². The van der Waals surface area contributed by atoms with Crippen LogP contribution >= 0.6 is 23.1 Å². The van der Waals surface area contributed by atoms with Gasteiger partial charge in [0.05, 0.1) is 21.0 Å². The Bertz CT molecular complexity index is 1280. The molecule has 5 rings (SSSR count). The summed E-state index contributed by atoms with van der Waals surface area (Å²) >= 11 is 3.11. The van der Waals surface area contributed by atoms with E-state index in [1.165, 1.54) is 16.5 Å². The molecule has 1 fully saturated rings. The molecule has 3 heterocycles. The van der Waals surface area contributed by atoms with Crippen LogP contribution in [0.4, 0.5) is 5.69 Å². The SMILES string of the molecule is Cn1ccnc1SCC(=O)Nc1ccc(C(=O)N2CCC[C@H](c3nc4ccccc4s3)C2)cc1. The summed E-state index contributed by atoms with van der Waals surface area (Å²) in [5.41, 5.74) is 2.33. The second kappa shape index (κ2) is 9.99. The van der Waals surface area contributed by atoms with Gasteiger partial charge in [0.1, 0.15) is 0 Å². The molecule has 2 aromatic heterocycles. The highest BCUT2D eigenvalue weighted by Crippen LogP contribution is 2.33. The number of carbonyl (C=O) groups excluding carboxylic acids is 2. The van der Waals surface area contributed by atoms with Gasteiger partial charge in [-0.25, -0.2) is 9.97 Å². The Labute approximate surface area is 206 Å². The van der Waals surface area contributed by atoms with Crippen molar-refractivity contribution in [1.29, 1.82) is 0 Å². The van der Waals surface area contributed by atoms with E-state index in [4.69, 9.17) is 4.98 Å². The molecule has 1 N–H and O–H groups in total. The summed E-state index contributed by atoms with van der Waals surface area (Å²) in [5.74, 6) is 0.451. The minimum Gasteiger partial charge on any atom is -0.338 e. The van der Waals surface area contributed by atoms with E-state index in [1.54, 1.807) is 41.8 Å². The van der Waals surface area contributed by atoms with E-state index >= 15 is 0 Å². The highest BCUT2D eigenvalue weighted by molar-refractivity contribution is 7.99. The van der Waals surface area contributed by atoms with Gasteiger partial charge in [0.2, 0.25) is 5.91 Å². The van der Waals surface area contributed by atoms with E-state index in [9.17, 15) is 9.59 Å². The predicted molar refractivity (Wildman–Crippen MR) is 137 cm³/mol. The van der Waals surface area contributed by atoms with Crippen LogP contribution in [0, 0.1) is 0 Å². The van der Waals surface area contributed by atoms with Crippen molar-refractivity contribution >= 4 is 50.8 Å². The number of carbonyl (C=O) groups is 2. The summed E-state index contributed by atoms with van der Waals surface area (Å²) in [7, 11) is 1.90. The van der Waals surface area contributed by atoms with Crippen LogP contribution in [0.3, 0.4) is 0 Å². The zero-order valence-electron chi connectivity index (χ0n) is 18.8. The third kappa shape index (κ3) is 5.00. The number of rotatable bonds is 6. The first kappa shape index (κ1) is 22.6. The molecule has 174 valence electrons. The van der Waals surface area contributed by atoms with Crippen molar-refractivity contribution in [3.63, 3.8) is 0 Å². The van der Waals surface area contributed by atoms with Crippen molar-refractivity contribution < 1.29 is 9.59 Å². The smallest absolute Gasteiger partial charge is 0.253 e. The number of fused-ring (bicyclic) bond motifs is 1. The molecular formula is C25H25N5O2S2. The van der Waals surface area contributed by atoms with Crippen LogP contribution in [-0.2, 0) is 11.8 Å². The van der Waals surface area contributed by atoms with Gasteiger partial charge in [-0.2, -0.15) is 0 Å². The van der Waals surface area contributed by atoms with Gasteiger partial charge in [0.15, 0.2) is 5.16 Å². The molecule has 1 saturated heterocycles. The second-order valence-electron chi connectivity index (χ2n) is 8.35. The standard InChI is InChI=1S/C25H25N5O2S2/c1-29-14-12-26-25(29)33-16-22(31)27-19-10-8-17(9-11-19)24(32)30-13-4-5-18(15-30)23-28-20-6-2-3-7-21(20)34-23/h2-3,6-12,14,18H,4-5,13,15-16H2,1H3,(H,27,31)/t18-/m0/s1. The number of amides is 2. The molecule has 2 aromatic carbocycles. The number of thiazole rings is 1. The number of imidazole rings is 1. The van der Waals surface area contributed by atoms with E-state index < -0.39 is 0 Å². The Hall–Kier alpha value is -3.17. The number of nitrogens with one attached hydrogen (secondary N) is 1. The van der Waals surface area contributed by atoms with Gasteiger partial charge in [-0.15, -0.1) is 11.3 Å². The summed E-state index contributed by atoms with van der Waals surface area (Å²) in [4.78, 5) is 36.4. The molecule has 0 spiro atoms. The van der Waals surface area contributed by atoms with Crippen molar-refractivity contribution in [2.75, 3.05) is 24.2 Å². The maximum Gasteiger partial charge on any atom is 0.253 e. The average molecular weight is 492 g/mol. The Morgan fingerprint density at radius 2 is 2.00 bits per heavy atom. The quantitative estimate of drug-likeness (QED) is 0.393. The van der Waals surface area contributed by atoms with Crippen molar-refractivity contribution in [3.05, 3.63) is 71.5 Å². The van der Waals surface area contributed by atoms with Gasteiger partial charge in [-0.1, -0.05) is 23.9 Å². The maximum absolute atomic E-state index is 13.2. The highest BCUT2D eigenvalue weighted by atomic mass is 32.2. The third-order valence-electron chi connectivity index (χ3n) is 5.89. The molecule has 4 aromatic rings. The second-order valence-corrected chi connectivity index (χ2v) is 10.3. The number of aryl methyl sites for hydroxylation is 1. The molecule has 0 saturated carbocycles. The van der Waals surface area contributed by atoms with E-state index in [2.05, 4.69) is 16.4 Å². The lowest BCUT2D eigenvalue weighted by Gasteiger charge is -2.32. The Morgan fingerprint density at radius 1 is 1.18 bits per heavy atom. The molecule has 0 unspecified atom stereocenters. The molecule has 1 atom stereocenters. The lowest BCUT2D eigenvalue weighted by molar-refractivity contribution is -0.113. The van der Waals surface area contributed by atoms with Crippen molar-refractivity contribution in [3.8, 4) is 0 Å². The van der Waals surface area contributed by atoms with Crippen molar-refractivity contribution in [2.45, 2.75) is 23.9 Å². The Kier molecular flexibility index (Phi) is 6.64. The van der Waals surface area contributed by atoms with Gasteiger partial charge >= 0.3 is 0 Å². The van der Waals surface area contributed by atoms with Crippen LogP contribution in [0.1, 0.15) is 34.1 Å². The largest absolute Gasteiger partial charge is 0.338 e. The molecule has 0 bridgehead atoms. The van der Waals surface area contributed by atoms with Crippen molar-refractivity contribution in [2.24, 2.45) is 7.05 Å². The maximum atomic E-state index is 13.2. The lowest BCUT2D eigenvalue weighted by Crippen LogP contribution is -2.39. The Balaban J connectivity index is 1.18. The fraction of sp³-hybridized carbons (Fsp3) is 0.280. The highest BCUT2D eigenvalue weighted by Gasteiger charge is 2.27. The number of hydrogen-bond acceptors (Lipinski definition) is 6. The van der Waals surface area contributed by atoms with Gasteiger partial charge in [-0.3, -0.25) is 9.59 Å². The van der Waals surface area contributed by atoms with Crippen LogP contribution in [0.2, 0.25) is 0 Å². The van der Waals surface area contributed by atoms with E-state index in [0.717, 1.165) is 35.1 Å². The number of thioether (sulfide) groups is 1. The number of benzene rings is 2. The van der Waals surface area contributed by atoms with Crippen molar-refractivity contribution in [1.82, 2.24) is 19.4 Å². The normalized spacial score (nSPS) is 16.0. The first-order valence-electron chi connectivity index (χ1n) is 11.2. The van der Waals surface area contributed by atoms with Crippen LogP contribution in [-0.4, -0.2) is 50.1 Å². The predicted octanol–water partition coefficient (Wildman–Crippen LogP) is 4.78. The number of hydrogen-bond donors (Lipinski definition) is 1. The van der Waals surface area contributed by atoms with Crippen LogP contribution < -0.4 is 5.32 Å². The first-order valence-corrected chi connectivity index (χ1v) is 13.0. The summed E-state index contributed by atoms with van der Waals surface area (Å²) in [6, 6.07) is 15.3. The molecule has 7 nitrogen and oxygen atoms in total. The summed E-state index contributed by atoms with van der Waals surface area (Å²) in [6.07, 6.45) is 5.57. The number of aromatic nitrogens is 3. The summed E-state index contributed by atoms with van der Waals surface area (Å²) in [5, 5.41) is 4.79. The van der Waals surface area contributed by atoms with Gasteiger partial charge in [0, 0.05) is 49.7 Å². The molecule has 1 aliphatic rings. The first-order chi connectivity index (χ1) is 16.6. The number of nitrogens with zero attached hydrogens (tertiary/aromatic N) is 4. The minimum atomic E-state index is -0.109. The van der Waals surface area contributed by atoms with E-state index in [1.807, 2.05) is 40.9 Å². The summed E-state index contributed by atoms with van der Waals surface area (Å²) in [6.45, 7) is 1.44. The molecule has 34 heavy (non-hydrogen) atoms. The molecule has 1 aliphatic heterocycles. The fourth-order valence-corrected chi connectivity index (χ4v) is 5.95. The molecule has 2 amide bonds.